The van der Waals surface area contributed by atoms with E-state index in [4.69, 9.17) is 5.84 Å². The number of hydrazine groups is 1. The maximum atomic E-state index is 5.46. The highest BCUT2D eigenvalue weighted by Crippen LogP contribution is 2.38. The van der Waals surface area contributed by atoms with Crippen LogP contribution < -0.4 is 16.2 Å². The van der Waals surface area contributed by atoms with E-state index in [1.165, 1.54) is 19.3 Å². The van der Waals surface area contributed by atoms with Crippen molar-refractivity contribution in [2.75, 3.05) is 38.0 Å². The van der Waals surface area contributed by atoms with Crippen LogP contribution in [-0.2, 0) is 0 Å². The third-order valence-electron chi connectivity index (χ3n) is 4.54. The number of fused-ring (bicyclic) bond motifs is 1. The van der Waals surface area contributed by atoms with E-state index < -0.39 is 0 Å². The van der Waals surface area contributed by atoms with Crippen LogP contribution in [0.4, 0.5) is 11.8 Å². The summed E-state index contributed by atoms with van der Waals surface area (Å²) in [6, 6.07) is 0. The summed E-state index contributed by atoms with van der Waals surface area (Å²) in [5, 5.41) is 7.83. The Balaban J connectivity index is 1.93. The minimum Gasteiger partial charge on any atom is -0.357 e. The molecule has 1 saturated carbocycles. The lowest BCUT2D eigenvalue weighted by Crippen LogP contribution is -2.56. The molecule has 2 aromatic rings. The molecule has 0 amide bonds. The molecule has 0 unspecified atom stereocenters. The van der Waals surface area contributed by atoms with Crippen LogP contribution >= 0.6 is 0 Å². The maximum Gasteiger partial charge on any atom is 0.241 e. The average Bonchev–Trinajstić information content (AvgIpc) is 2.88. The number of nitrogens with two attached hydrogens (primary N) is 1. The van der Waals surface area contributed by atoms with Crippen LogP contribution in [0.15, 0.2) is 6.20 Å². The maximum absolute atomic E-state index is 5.46. The summed E-state index contributed by atoms with van der Waals surface area (Å²) in [7, 11) is 6.35. The normalized spacial score (nSPS) is 17.0. The molecule has 0 aliphatic heterocycles. The number of anilines is 2. The van der Waals surface area contributed by atoms with E-state index in [1.54, 1.807) is 6.20 Å². The Morgan fingerprint density at radius 2 is 2.10 bits per heavy atom. The quantitative estimate of drug-likeness (QED) is 0.546. The van der Waals surface area contributed by atoms with Crippen molar-refractivity contribution in [2.45, 2.75) is 24.8 Å². The molecular weight excluding hydrogens is 268 g/mol. The number of aromatic nitrogens is 4. The van der Waals surface area contributed by atoms with E-state index in [9.17, 15) is 0 Å². The van der Waals surface area contributed by atoms with Crippen LogP contribution in [0.5, 0.6) is 0 Å². The molecule has 0 aromatic carbocycles. The van der Waals surface area contributed by atoms with E-state index in [2.05, 4.69) is 56.5 Å². The third-order valence-corrected chi connectivity index (χ3v) is 4.54. The molecule has 1 aliphatic rings. The van der Waals surface area contributed by atoms with Crippen molar-refractivity contribution in [1.82, 2.24) is 25.1 Å². The zero-order valence-electron chi connectivity index (χ0n) is 12.7. The number of aromatic amines is 1. The van der Waals surface area contributed by atoms with Gasteiger partial charge in [0, 0.05) is 19.1 Å². The topological polar surface area (TPSA) is 99.0 Å². The number of rotatable bonds is 5. The SMILES string of the molecule is CN(CC1(N(C)C)CCC1)c1nc(NN)nc2[nH]ncc12. The summed E-state index contributed by atoms with van der Waals surface area (Å²) in [6.45, 7) is 0.918. The summed E-state index contributed by atoms with van der Waals surface area (Å²) in [6.07, 6.45) is 5.47. The zero-order chi connectivity index (χ0) is 15.0. The van der Waals surface area contributed by atoms with Gasteiger partial charge in [0.15, 0.2) is 5.65 Å². The van der Waals surface area contributed by atoms with Gasteiger partial charge in [0.1, 0.15) is 5.82 Å². The molecule has 0 atom stereocenters. The first-order valence-corrected chi connectivity index (χ1v) is 7.12. The Labute approximate surface area is 123 Å². The molecular formula is C13H22N8. The molecule has 21 heavy (non-hydrogen) atoms. The molecule has 2 heterocycles. The van der Waals surface area contributed by atoms with Crippen molar-refractivity contribution in [3.8, 4) is 0 Å². The van der Waals surface area contributed by atoms with Crippen molar-refractivity contribution in [3.05, 3.63) is 6.20 Å². The first-order valence-electron chi connectivity index (χ1n) is 7.12. The van der Waals surface area contributed by atoms with Crippen molar-refractivity contribution < 1.29 is 0 Å². The molecule has 8 heteroatoms. The summed E-state index contributed by atoms with van der Waals surface area (Å²) < 4.78 is 0. The Bertz CT molecular complexity index is 630. The Morgan fingerprint density at radius 1 is 1.33 bits per heavy atom. The summed E-state index contributed by atoms with van der Waals surface area (Å²) >= 11 is 0. The minimum atomic E-state index is 0.228. The van der Waals surface area contributed by atoms with Crippen LogP contribution in [0.3, 0.4) is 0 Å². The fourth-order valence-corrected chi connectivity index (χ4v) is 3.02. The molecule has 1 aliphatic carbocycles. The van der Waals surface area contributed by atoms with Crippen LogP contribution in [0.2, 0.25) is 0 Å². The van der Waals surface area contributed by atoms with E-state index in [1.807, 2.05) is 0 Å². The summed E-state index contributed by atoms with van der Waals surface area (Å²) in [5.41, 5.74) is 3.43. The van der Waals surface area contributed by atoms with Crippen molar-refractivity contribution in [1.29, 1.82) is 0 Å². The van der Waals surface area contributed by atoms with Gasteiger partial charge in [-0.25, -0.2) is 5.84 Å². The molecule has 8 nitrogen and oxygen atoms in total. The summed E-state index contributed by atoms with van der Waals surface area (Å²) in [5.74, 6) is 6.69. The van der Waals surface area contributed by atoms with E-state index in [0.29, 0.717) is 11.6 Å². The van der Waals surface area contributed by atoms with Crippen LogP contribution in [-0.4, -0.2) is 58.3 Å². The first kappa shape index (κ1) is 14.0. The van der Waals surface area contributed by atoms with E-state index in [0.717, 1.165) is 17.7 Å². The molecule has 0 saturated heterocycles. The van der Waals surface area contributed by atoms with Crippen molar-refractivity contribution in [3.63, 3.8) is 0 Å². The molecule has 0 spiro atoms. The van der Waals surface area contributed by atoms with Gasteiger partial charge in [-0.15, -0.1) is 0 Å². The molecule has 2 aromatic heterocycles. The van der Waals surface area contributed by atoms with Gasteiger partial charge in [0.05, 0.1) is 11.6 Å². The highest BCUT2D eigenvalue weighted by molar-refractivity contribution is 5.87. The number of likely N-dealkylation sites (N-methyl/N-ethyl adjacent to an activating group) is 2. The number of nitrogens with one attached hydrogen (secondary N) is 2. The molecule has 0 radical (unpaired) electrons. The van der Waals surface area contributed by atoms with E-state index >= 15 is 0 Å². The number of nitrogens with zero attached hydrogens (tertiary/aromatic N) is 5. The lowest BCUT2D eigenvalue weighted by molar-refractivity contribution is 0.0682. The van der Waals surface area contributed by atoms with Gasteiger partial charge in [0.25, 0.3) is 0 Å². The van der Waals surface area contributed by atoms with Gasteiger partial charge in [0.2, 0.25) is 5.95 Å². The van der Waals surface area contributed by atoms with Gasteiger partial charge < -0.3 is 9.80 Å². The molecule has 4 N–H and O–H groups in total. The Hall–Kier alpha value is -1.93. The molecule has 114 valence electrons. The average molecular weight is 290 g/mol. The van der Waals surface area contributed by atoms with Crippen LogP contribution in [0, 0.1) is 0 Å². The number of hydrogen-bond acceptors (Lipinski definition) is 7. The van der Waals surface area contributed by atoms with Crippen LogP contribution in [0.1, 0.15) is 19.3 Å². The second kappa shape index (κ2) is 5.12. The molecule has 1 fully saturated rings. The smallest absolute Gasteiger partial charge is 0.241 e. The number of hydrogen-bond donors (Lipinski definition) is 3. The lowest BCUT2D eigenvalue weighted by atomic mass is 9.75. The molecule has 3 rings (SSSR count). The van der Waals surface area contributed by atoms with Crippen molar-refractivity contribution in [2.24, 2.45) is 5.84 Å². The second-order valence-corrected chi connectivity index (χ2v) is 5.98. The predicted octanol–water partition coefficient (Wildman–Crippen LogP) is 0.559. The zero-order valence-corrected chi connectivity index (χ0v) is 12.7. The lowest BCUT2D eigenvalue weighted by Gasteiger charge is -2.49. The molecule has 0 bridgehead atoms. The minimum absolute atomic E-state index is 0.228. The monoisotopic (exact) mass is 290 g/mol. The van der Waals surface area contributed by atoms with Gasteiger partial charge in [-0.2, -0.15) is 15.1 Å². The fraction of sp³-hybridized carbons (Fsp3) is 0.615. The summed E-state index contributed by atoms with van der Waals surface area (Å²) in [4.78, 5) is 13.2. The highest BCUT2D eigenvalue weighted by Gasteiger charge is 2.40. The highest BCUT2D eigenvalue weighted by atomic mass is 15.3. The predicted molar refractivity (Wildman–Crippen MR) is 83.0 cm³/mol. The first-order chi connectivity index (χ1) is 10.1. The van der Waals surface area contributed by atoms with Crippen molar-refractivity contribution >= 4 is 22.8 Å². The van der Waals surface area contributed by atoms with Crippen LogP contribution in [0.25, 0.3) is 11.0 Å². The van der Waals surface area contributed by atoms with Gasteiger partial charge in [-0.3, -0.25) is 10.5 Å². The Kier molecular flexibility index (Phi) is 3.42. The van der Waals surface area contributed by atoms with Gasteiger partial charge in [-0.1, -0.05) is 0 Å². The number of nitrogen functional groups attached to an aromatic ring is 1. The standard InChI is InChI=1S/C13H22N8/c1-20(2)13(5-4-6-13)8-21(3)11-9-7-15-19-10(9)16-12(17-11)18-14/h7H,4-6,8,14H2,1-3H3,(H2,15,16,17,18,19). The third kappa shape index (κ3) is 2.30. The Morgan fingerprint density at radius 3 is 2.67 bits per heavy atom. The van der Waals surface area contributed by atoms with E-state index in [-0.39, 0.29) is 5.54 Å². The van der Waals surface area contributed by atoms with Gasteiger partial charge >= 0.3 is 0 Å². The number of H-pyrrole nitrogens is 1. The second-order valence-electron chi connectivity index (χ2n) is 5.98. The largest absolute Gasteiger partial charge is 0.357 e. The fourth-order valence-electron chi connectivity index (χ4n) is 3.02. The van der Waals surface area contributed by atoms with Gasteiger partial charge in [-0.05, 0) is 33.4 Å².